The van der Waals surface area contributed by atoms with Gasteiger partial charge in [-0.25, -0.2) is 4.79 Å². The quantitative estimate of drug-likeness (QED) is 0.795. The highest BCUT2D eigenvalue weighted by Gasteiger charge is 2.17. The van der Waals surface area contributed by atoms with Crippen molar-refractivity contribution in [3.8, 4) is 5.75 Å². The smallest absolute Gasteiger partial charge is 0.337 e. The molecule has 0 aliphatic rings. The molecule has 0 bridgehead atoms. The molecule has 1 aromatic rings. The fraction of sp³-hybridized carbons (Fsp3) is 0.500. The lowest BCUT2D eigenvalue weighted by Gasteiger charge is -2.18. The maximum Gasteiger partial charge on any atom is 0.337 e. The van der Waals surface area contributed by atoms with Crippen LogP contribution in [-0.4, -0.2) is 34.1 Å². The number of hydrogen-bond donors (Lipinski definition) is 2. The van der Waals surface area contributed by atoms with E-state index in [-0.39, 0.29) is 23.3 Å². The van der Waals surface area contributed by atoms with E-state index in [0.717, 1.165) is 12.8 Å². The summed E-state index contributed by atoms with van der Waals surface area (Å²) in [5.41, 5.74) is 0.0226. The second-order valence-electron chi connectivity index (χ2n) is 4.67. The minimum atomic E-state index is -1.09. The molecule has 6 heteroatoms. The van der Waals surface area contributed by atoms with Crippen LogP contribution in [0.4, 0.5) is 0 Å². The van der Waals surface area contributed by atoms with Crippen molar-refractivity contribution in [3.63, 3.8) is 0 Å². The van der Waals surface area contributed by atoms with Gasteiger partial charge in [-0.15, -0.1) is 0 Å². The summed E-state index contributed by atoms with van der Waals surface area (Å²) in [6.45, 7) is 5.59. The minimum Gasteiger partial charge on any atom is -0.479 e. The number of rotatable bonds is 7. The SMILES string of the molecule is CCCC(C)NC(=O)C(C)Oc1cncc(C(=O)O)c1. The van der Waals surface area contributed by atoms with Crippen molar-refractivity contribution in [2.75, 3.05) is 0 Å². The summed E-state index contributed by atoms with van der Waals surface area (Å²) >= 11 is 0. The Balaban J connectivity index is 2.61. The third-order valence-corrected chi connectivity index (χ3v) is 2.75. The zero-order valence-corrected chi connectivity index (χ0v) is 11.9. The lowest BCUT2D eigenvalue weighted by molar-refractivity contribution is -0.127. The molecule has 2 unspecified atom stereocenters. The molecule has 6 nitrogen and oxygen atoms in total. The Bertz CT molecular complexity index is 476. The van der Waals surface area contributed by atoms with Crippen molar-refractivity contribution >= 4 is 11.9 Å². The van der Waals surface area contributed by atoms with Gasteiger partial charge < -0.3 is 15.2 Å². The second-order valence-corrected chi connectivity index (χ2v) is 4.67. The van der Waals surface area contributed by atoms with Crippen LogP contribution in [0.15, 0.2) is 18.5 Å². The molecule has 1 rings (SSSR count). The number of carbonyl (C=O) groups excluding carboxylic acids is 1. The summed E-state index contributed by atoms with van der Waals surface area (Å²) in [4.78, 5) is 26.5. The number of amides is 1. The normalized spacial score (nSPS) is 13.3. The predicted molar refractivity (Wildman–Crippen MR) is 73.8 cm³/mol. The van der Waals surface area contributed by atoms with Gasteiger partial charge in [0.15, 0.2) is 6.10 Å². The highest BCUT2D eigenvalue weighted by Crippen LogP contribution is 2.13. The van der Waals surface area contributed by atoms with Crippen molar-refractivity contribution < 1.29 is 19.4 Å². The highest BCUT2D eigenvalue weighted by molar-refractivity contribution is 5.87. The first-order valence-corrected chi connectivity index (χ1v) is 6.59. The van der Waals surface area contributed by atoms with Gasteiger partial charge in [0.25, 0.3) is 5.91 Å². The van der Waals surface area contributed by atoms with E-state index >= 15 is 0 Å². The molecule has 0 aliphatic heterocycles. The zero-order chi connectivity index (χ0) is 15.1. The molecule has 110 valence electrons. The van der Waals surface area contributed by atoms with Gasteiger partial charge in [-0.05, 0) is 26.3 Å². The number of hydrogen-bond acceptors (Lipinski definition) is 4. The summed E-state index contributed by atoms with van der Waals surface area (Å²) < 4.78 is 5.41. The second kappa shape index (κ2) is 7.47. The van der Waals surface area contributed by atoms with Gasteiger partial charge in [-0.2, -0.15) is 0 Å². The Morgan fingerprint density at radius 2 is 2.10 bits per heavy atom. The Morgan fingerprint density at radius 3 is 2.70 bits per heavy atom. The van der Waals surface area contributed by atoms with Crippen molar-refractivity contribution in [3.05, 3.63) is 24.0 Å². The van der Waals surface area contributed by atoms with Crippen molar-refractivity contribution in [1.29, 1.82) is 0 Å². The monoisotopic (exact) mass is 280 g/mol. The van der Waals surface area contributed by atoms with Gasteiger partial charge >= 0.3 is 5.97 Å². The molecule has 0 aromatic carbocycles. The molecular formula is C14H20N2O4. The number of aromatic nitrogens is 1. The first kappa shape index (κ1) is 15.9. The minimum absolute atomic E-state index is 0.0226. The number of ether oxygens (including phenoxy) is 1. The van der Waals surface area contributed by atoms with Crippen LogP contribution >= 0.6 is 0 Å². The molecule has 0 spiro atoms. The molecule has 1 heterocycles. The van der Waals surface area contributed by atoms with Crippen LogP contribution in [0.5, 0.6) is 5.75 Å². The van der Waals surface area contributed by atoms with E-state index in [0.29, 0.717) is 0 Å². The molecule has 0 saturated carbocycles. The summed E-state index contributed by atoms with van der Waals surface area (Å²) in [6, 6.07) is 1.43. The molecule has 2 atom stereocenters. The third kappa shape index (κ3) is 4.87. The Kier molecular flexibility index (Phi) is 5.96. The average molecular weight is 280 g/mol. The first-order chi connectivity index (χ1) is 9.43. The molecule has 1 amide bonds. The van der Waals surface area contributed by atoms with Gasteiger partial charge in [-0.3, -0.25) is 9.78 Å². The molecule has 0 radical (unpaired) electrons. The first-order valence-electron chi connectivity index (χ1n) is 6.59. The van der Waals surface area contributed by atoms with Gasteiger partial charge in [-0.1, -0.05) is 13.3 Å². The van der Waals surface area contributed by atoms with E-state index in [1.807, 2.05) is 13.8 Å². The lowest BCUT2D eigenvalue weighted by atomic mass is 10.2. The Hall–Kier alpha value is -2.11. The average Bonchev–Trinajstić information content (AvgIpc) is 2.39. The molecule has 20 heavy (non-hydrogen) atoms. The largest absolute Gasteiger partial charge is 0.479 e. The van der Waals surface area contributed by atoms with Crippen LogP contribution in [-0.2, 0) is 4.79 Å². The topological polar surface area (TPSA) is 88.5 Å². The molecule has 0 fully saturated rings. The number of pyridine rings is 1. The fourth-order valence-corrected chi connectivity index (χ4v) is 1.72. The van der Waals surface area contributed by atoms with Crippen LogP contribution in [0, 0.1) is 0 Å². The highest BCUT2D eigenvalue weighted by atomic mass is 16.5. The predicted octanol–water partition coefficient (Wildman–Crippen LogP) is 1.85. The molecule has 0 aliphatic carbocycles. The Labute approximate surface area is 118 Å². The van der Waals surface area contributed by atoms with Gasteiger partial charge in [0, 0.05) is 12.2 Å². The standard InChI is InChI=1S/C14H20N2O4/c1-4-5-9(2)16-13(17)10(3)20-12-6-11(14(18)19)7-15-8-12/h6-10H,4-5H2,1-3H3,(H,16,17)(H,18,19). The van der Waals surface area contributed by atoms with E-state index in [1.165, 1.54) is 18.5 Å². The van der Waals surface area contributed by atoms with Gasteiger partial charge in [0.05, 0.1) is 11.8 Å². The number of nitrogens with zero attached hydrogens (tertiary/aromatic N) is 1. The van der Waals surface area contributed by atoms with Crippen molar-refractivity contribution in [2.45, 2.75) is 45.8 Å². The van der Waals surface area contributed by atoms with Gasteiger partial charge in [0.1, 0.15) is 5.75 Å². The number of nitrogens with one attached hydrogen (secondary N) is 1. The van der Waals surface area contributed by atoms with Crippen LogP contribution < -0.4 is 10.1 Å². The van der Waals surface area contributed by atoms with Crippen LogP contribution in [0.3, 0.4) is 0 Å². The van der Waals surface area contributed by atoms with E-state index in [9.17, 15) is 9.59 Å². The third-order valence-electron chi connectivity index (χ3n) is 2.75. The molecule has 0 saturated heterocycles. The summed E-state index contributed by atoms with van der Waals surface area (Å²) in [6.07, 6.45) is 3.78. The van der Waals surface area contributed by atoms with Gasteiger partial charge in [0.2, 0.25) is 0 Å². The van der Waals surface area contributed by atoms with E-state index in [4.69, 9.17) is 9.84 Å². The lowest BCUT2D eigenvalue weighted by Crippen LogP contribution is -2.41. The number of aromatic carboxylic acids is 1. The maximum atomic E-state index is 11.9. The van der Waals surface area contributed by atoms with Crippen LogP contribution in [0.1, 0.15) is 44.0 Å². The fourth-order valence-electron chi connectivity index (χ4n) is 1.72. The van der Waals surface area contributed by atoms with E-state index in [1.54, 1.807) is 6.92 Å². The van der Waals surface area contributed by atoms with Crippen LogP contribution in [0.2, 0.25) is 0 Å². The number of carboxylic acid groups (broad SMARTS) is 1. The number of carboxylic acids is 1. The van der Waals surface area contributed by atoms with E-state index in [2.05, 4.69) is 10.3 Å². The molecular weight excluding hydrogens is 260 g/mol. The summed E-state index contributed by atoms with van der Waals surface area (Å²) in [7, 11) is 0. The molecule has 1 aromatic heterocycles. The van der Waals surface area contributed by atoms with Crippen LogP contribution in [0.25, 0.3) is 0 Å². The van der Waals surface area contributed by atoms with Crippen molar-refractivity contribution in [1.82, 2.24) is 10.3 Å². The summed E-state index contributed by atoms with van der Waals surface area (Å²) in [5.74, 6) is -1.06. The summed E-state index contributed by atoms with van der Waals surface area (Å²) in [5, 5.41) is 11.7. The maximum absolute atomic E-state index is 11.9. The molecule has 2 N–H and O–H groups in total. The van der Waals surface area contributed by atoms with Crippen molar-refractivity contribution in [2.24, 2.45) is 0 Å². The zero-order valence-electron chi connectivity index (χ0n) is 11.9. The van der Waals surface area contributed by atoms with E-state index < -0.39 is 12.1 Å². The number of carbonyl (C=O) groups is 2. The Morgan fingerprint density at radius 1 is 1.40 bits per heavy atom.